The minimum absolute atomic E-state index is 0.0572. The third kappa shape index (κ3) is 2.69. The number of fused-ring (bicyclic) bond motifs is 1. The molecule has 0 spiro atoms. The lowest BCUT2D eigenvalue weighted by atomic mass is 10.1. The number of hydrogen-bond acceptors (Lipinski definition) is 6. The Morgan fingerprint density at radius 3 is 2.81 bits per heavy atom. The first kappa shape index (κ1) is 13.8. The van der Waals surface area contributed by atoms with Gasteiger partial charge in [-0.15, -0.1) is 0 Å². The van der Waals surface area contributed by atoms with Gasteiger partial charge in [-0.2, -0.15) is 4.98 Å². The van der Waals surface area contributed by atoms with Crippen molar-refractivity contribution in [2.24, 2.45) is 0 Å². The standard InChI is InChI=1S/C14H14N4O2S/c1-8-12(18(19)20)13(17-14(15)16-8)21-11-6-5-9-3-2-4-10(9)7-11/h5-7H,2-4H2,1H3,(H2,15,16,17). The summed E-state index contributed by atoms with van der Waals surface area (Å²) in [6, 6.07) is 6.16. The largest absolute Gasteiger partial charge is 0.368 e. The van der Waals surface area contributed by atoms with Crippen LogP contribution in [0.4, 0.5) is 11.6 Å². The van der Waals surface area contributed by atoms with Gasteiger partial charge in [0.2, 0.25) is 5.95 Å². The summed E-state index contributed by atoms with van der Waals surface area (Å²) >= 11 is 1.26. The number of nitrogen functional groups attached to an aromatic ring is 1. The van der Waals surface area contributed by atoms with Gasteiger partial charge in [0, 0.05) is 4.90 Å². The van der Waals surface area contributed by atoms with Gasteiger partial charge in [0.1, 0.15) is 5.69 Å². The topological polar surface area (TPSA) is 94.9 Å². The number of nitrogens with two attached hydrogens (primary N) is 1. The maximum absolute atomic E-state index is 11.2. The number of nitrogens with zero attached hydrogens (tertiary/aromatic N) is 3. The van der Waals surface area contributed by atoms with Crippen molar-refractivity contribution in [3.63, 3.8) is 0 Å². The fourth-order valence-electron chi connectivity index (χ4n) is 2.57. The Morgan fingerprint density at radius 2 is 2.05 bits per heavy atom. The van der Waals surface area contributed by atoms with Crippen molar-refractivity contribution in [1.82, 2.24) is 9.97 Å². The van der Waals surface area contributed by atoms with Gasteiger partial charge in [-0.05, 0) is 49.4 Å². The molecule has 0 aliphatic heterocycles. The van der Waals surface area contributed by atoms with Crippen LogP contribution in [-0.4, -0.2) is 14.9 Å². The van der Waals surface area contributed by atoms with Gasteiger partial charge in [-0.3, -0.25) is 10.1 Å². The van der Waals surface area contributed by atoms with Crippen molar-refractivity contribution in [2.75, 3.05) is 5.73 Å². The fourth-order valence-corrected chi connectivity index (χ4v) is 3.58. The molecular formula is C14H14N4O2S. The molecule has 1 aromatic heterocycles. The third-order valence-electron chi connectivity index (χ3n) is 3.51. The van der Waals surface area contributed by atoms with Crippen LogP contribution in [0, 0.1) is 17.0 Å². The Morgan fingerprint density at radius 1 is 1.29 bits per heavy atom. The summed E-state index contributed by atoms with van der Waals surface area (Å²) in [6.07, 6.45) is 3.35. The quantitative estimate of drug-likeness (QED) is 0.532. The van der Waals surface area contributed by atoms with E-state index in [1.165, 1.54) is 29.3 Å². The molecule has 0 radical (unpaired) electrons. The number of anilines is 1. The van der Waals surface area contributed by atoms with Crippen LogP contribution in [0.5, 0.6) is 0 Å². The first-order valence-electron chi connectivity index (χ1n) is 6.63. The molecule has 0 saturated carbocycles. The number of aromatic nitrogens is 2. The molecule has 1 aromatic carbocycles. The summed E-state index contributed by atoms with van der Waals surface area (Å²) < 4.78 is 0. The molecule has 21 heavy (non-hydrogen) atoms. The monoisotopic (exact) mass is 302 g/mol. The Bertz CT molecular complexity index is 733. The number of benzene rings is 1. The Balaban J connectivity index is 1.99. The lowest BCUT2D eigenvalue weighted by Gasteiger charge is -2.07. The van der Waals surface area contributed by atoms with E-state index in [0.717, 1.165) is 17.7 Å². The van der Waals surface area contributed by atoms with Crippen LogP contribution in [0.2, 0.25) is 0 Å². The van der Waals surface area contributed by atoms with E-state index in [1.807, 2.05) is 6.07 Å². The zero-order valence-electron chi connectivity index (χ0n) is 11.5. The zero-order valence-corrected chi connectivity index (χ0v) is 12.3. The molecule has 0 amide bonds. The molecule has 108 valence electrons. The minimum atomic E-state index is -0.454. The van der Waals surface area contributed by atoms with E-state index in [-0.39, 0.29) is 17.3 Å². The highest BCUT2D eigenvalue weighted by Crippen LogP contribution is 2.36. The normalized spacial score (nSPS) is 13.2. The van der Waals surface area contributed by atoms with E-state index in [9.17, 15) is 10.1 Å². The van der Waals surface area contributed by atoms with Crippen LogP contribution in [0.3, 0.4) is 0 Å². The van der Waals surface area contributed by atoms with E-state index in [0.29, 0.717) is 5.03 Å². The molecule has 1 heterocycles. The Kier molecular flexibility index (Phi) is 3.50. The summed E-state index contributed by atoms with van der Waals surface area (Å²) in [4.78, 5) is 19.6. The van der Waals surface area contributed by atoms with E-state index < -0.39 is 4.92 Å². The molecule has 0 fully saturated rings. The van der Waals surface area contributed by atoms with Crippen molar-refractivity contribution in [1.29, 1.82) is 0 Å². The molecule has 2 aromatic rings. The van der Waals surface area contributed by atoms with Crippen LogP contribution in [0.25, 0.3) is 0 Å². The van der Waals surface area contributed by atoms with Gasteiger partial charge in [0.25, 0.3) is 0 Å². The van der Waals surface area contributed by atoms with Gasteiger partial charge in [0.05, 0.1) is 4.92 Å². The fraction of sp³-hybridized carbons (Fsp3) is 0.286. The van der Waals surface area contributed by atoms with Crippen LogP contribution in [0.1, 0.15) is 23.2 Å². The molecular weight excluding hydrogens is 288 g/mol. The SMILES string of the molecule is Cc1nc(N)nc(Sc2ccc3c(c2)CCC3)c1[N+](=O)[O-]. The average Bonchev–Trinajstić information content (AvgIpc) is 2.84. The summed E-state index contributed by atoms with van der Waals surface area (Å²) in [6.45, 7) is 1.57. The van der Waals surface area contributed by atoms with Crippen molar-refractivity contribution in [3.05, 3.63) is 45.1 Å². The highest BCUT2D eigenvalue weighted by molar-refractivity contribution is 7.99. The van der Waals surface area contributed by atoms with Crippen LogP contribution < -0.4 is 5.73 Å². The molecule has 2 N–H and O–H groups in total. The predicted molar refractivity (Wildman–Crippen MR) is 80.4 cm³/mol. The lowest BCUT2D eigenvalue weighted by Crippen LogP contribution is -2.04. The number of rotatable bonds is 3. The second-order valence-corrected chi connectivity index (χ2v) is 6.03. The second kappa shape index (κ2) is 5.33. The number of nitro groups is 1. The molecule has 1 aliphatic carbocycles. The summed E-state index contributed by atoms with van der Waals surface area (Å²) in [5.41, 5.74) is 8.52. The first-order valence-corrected chi connectivity index (χ1v) is 7.44. The Hall–Kier alpha value is -2.15. The van der Waals surface area contributed by atoms with Gasteiger partial charge in [0.15, 0.2) is 5.03 Å². The average molecular weight is 302 g/mol. The highest BCUT2D eigenvalue weighted by atomic mass is 32.2. The van der Waals surface area contributed by atoms with Crippen LogP contribution in [-0.2, 0) is 12.8 Å². The van der Waals surface area contributed by atoms with Crippen molar-refractivity contribution >= 4 is 23.4 Å². The molecule has 0 atom stereocenters. The van der Waals surface area contributed by atoms with Gasteiger partial charge < -0.3 is 5.73 Å². The van der Waals surface area contributed by atoms with Crippen molar-refractivity contribution in [2.45, 2.75) is 36.1 Å². The predicted octanol–water partition coefficient (Wildman–Crippen LogP) is 2.92. The summed E-state index contributed by atoms with van der Waals surface area (Å²) in [5, 5.41) is 11.5. The van der Waals surface area contributed by atoms with Crippen molar-refractivity contribution < 1.29 is 4.92 Å². The van der Waals surface area contributed by atoms with Gasteiger partial charge in [-0.25, -0.2) is 4.98 Å². The van der Waals surface area contributed by atoms with Crippen LogP contribution in [0.15, 0.2) is 28.1 Å². The van der Waals surface area contributed by atoms with Gasteiger partial charge >= 0.3 is 5.69 Å². The molecule has 3 rings (SSSR count). The molecule has 7 heteroatoms. The third-order valence-corrected chi connectivity index (χ3v) is 4.48. The minimum Gasteiger partial charge on any atom is -0.368 e. The van der Waals surface area contributed by atoms with E-state index >= 15 is 0 Å². The Labute approximate surface area is 125 Å². The molecule has 0 unspecified atom stereocenters. The zero-order chi connectivity index (χ0) is 15.0. The van der Waals surface area contributed by atoms with Gasteiger partial charge in [-0.1, -0.05) is 17.8 Å². The smallest absolute Gasteiger partial charge is 0.322 e. The van der Waals surface area contributed by atoms with E-state index in [4.69, 9.17) is 5.73 Å². The lowest BCUT2D eigenvalue weighted by molar-refractivity contribution is -0.389. The van der Waals surface area contributed by atoms with E-state index in [2.05, 4.69) is 22.1 Å². The number of aryl methyl sites for hydroxylation is 3. The maximum Gasteiger partial charge on any atom is 0.322 e. The van der Waals surface area contributed by atoms with Crippen LogP contribution >= 0.6 is 11.8 Å². The van der Waals surface area contributed by atoms with E-state index in [1.54, 1.807) is 6.92 Å². The highest BCUT2D eigenvalue weighted by Gasteiger charge is 2.23. The maximum atomic E-state index is 11.2. The second-order valence-electron chi connectivity index (χ2n) is 4.96. The molecule has 6 nitrogen and oxygen atoms in total. The molecule has 1 aliphatic rings. The molecule has 0 bridgehead atoms. The molecule has 0 saturated heterocycles. The summed E-state index contributed by atoms with van der Waals surface area (Å²) in [7, 11) is 0. The summed E-state index contributed by atoms with van der Waals surface area (Å²) in [5.74, 6) is 0.0572. The first-order chi connectivity index (χ1) is 10.0. The number of hydrogen-bond donors (Lipinski definition) is 1. The van der Waals surface area contributed by atoms with Crippen molar-refractivity contribution in [3.8, 4) is 0 Å².